The SMILES string of the molecule is CC(C)(C)c1csc(CC2(O)C3CC4CC(C3)CC2C4)n1. The van der Waals surface area contributed by atoms with E-state index in [9.17, 15) is 5.11 Å². The average Bonchev–Trinajstić information content (AvgIpc) is 2.83. The van der Waals surface area contributed by atoms with Crippen molar-refractivity contribution in [2.45, 2.75) is 70.3 Å². The number of thiazole rings is 1. The van der Waals surface area contributed by atoms with Crippen molar-refractivity contribution in [1.82, 2.24) is 4.98 Å². The van der Waals surface area contributed by atoms with Crippen LogP contribution in [0.2, 0.25) is 0 Å². The standard InChI is InChI=1S/C18H27NOS/c1-17(2,3)15-10-21-16(19-15)9-18(20)13-5-11-4-12(7-13)8-14(18)6-11/h10-14,20H,4-9H2,1-3H3. The highest BCUT2D eigenvalue weighted by atomic mass is 32.1. The molecule has 5 rings (SSSR count). The molecule has 4 aliphatic rings. The third-order valence-electron chi connectivity index (χ3n) is 6.31. The summed E-state index contributed by atoms with van der Waals surface area (Å²) in [6, 6.07) is 0. The molecule has 0 spiro atoms. The largest absolute Gasteiger partial charge is 0.389 e. The summed E-state index contributed by atoms with van der Waals surface area (Å²) in [6.45, 7) is 6.64. The van der Waals surface area contributed by atoms with Gasteiger partial charge in [-0.15, -0.1) is 11.3 Å². The van der Waals surface area contributed by atoms with Crippen LogP contribution in [0.3, 0.4) is 0 Å². The number of hydrogen-bond acceptors (Lipinski definition) is 3. The van der Waals surface area contributed by atoms with Gasteiger partial charge in [-0.2, -0.15) is 0 Å². The zero-order valence-corrected chi connectivity index (χ0v) is 14.2. The first-order chi connectivity index (χ1) is 9.84. The summed E-state index contributed by atoms with van der Waals surface area (Å²) in [5.74, 6) is 2.90. The summed E-state index contributed by atoms with van der Waals surface area (Å²) >= 11 is 1.75. The van der Waals surface area contributed by atoms with Gasteiger partial charge < -0.3 is 5.11 Å². The van der Waals surface area contributed by atoms with Crippen LogP contribution in [0.15, 0.2) is 5.38 Å². The van der Waals surface area contributed by atoms with Crippen LogP contribution >= 0.6 is 11.3 Å². The molecule has 1 N–H and O–H groups in total. The number of hydrogen-bond donors (Lipinski definition) is 1. The first-order valence-electron chi connectivity index (χ1n) is 8.52. The van der Waals surface area contributed by atoms with E-state index >= 15 is 0 Å². The van der Waals surface area contributed by atoms with E-state index in [0.29, 0.717) is 11.8 Å². The molecule has 1 aromatic rings. The van der Waals surface area contributed by atoms with Gasteiger partial charge in [0, 0.05) is 17.2 Å². The molecule has 4 fully saturated rings. The van der Waals surface area contributed by atoms with Gasteiger partial charge in [0.05, 0.1) is 16.3 Å². The summed E-state index contributed by atoms with van der Waals surface area (Å²) in [4.78, 5) is 4.84. The van der Waals surface area contributed by atoms with Crippen molar-refractivity contribution in [3.63, 3.8) is 0 Å². The summed E-state index contributed by atoms with van der Waals surface area (Å²) in [5.41, 5.74) is 0.830. The Labute approximate surface area is 132 Å². The molecular formula is C18H27NOS. The van der Waals surface area contributed by atoms with E-state index in [4.69, 9.17) is 4.98 Å². The molecule has 4 bridgehead atoms. The van der Waals surface area contributed by atoms with Crippen LogP contribution in [-0.4, -0.2) is 15.7 Å². The van der Waals surface area contributed by atoms with Gasteiger partial charge in [-0.3, -0.25) is 0 Å². The van der Waals surface area contributed by atoms with Crippen LogP contribution < -0.4 is 0 Å². The number of rotatable bonds is 2. The lowest BCUT2D eigenvalue weighted by Crippen LogP contribution is -2.58. The van der Waals surface area contributed by atoms with Crippen molar-refractivity contribution < 1.29 is 5.11 Å². The predicted molar refractivity (Wildman–Crippen MR) is 86.5 cm³/mol. The molecule has 0 radical (unpaired) electrons. The van der Waals surface area contributed by atoms with Gasteiger partial charge in [0.15, 0.2) is 0 Å². The molecule has 0 aromatic carbocycles. The van der Waals surface area contributed by atoms with Gasteiger partial charge in [-0.25, -0.2) is 4.98 Å². The van der Waals surface area contributed by atoms with Gasteiger partial charge in [0.2, 0.25) is 0 Å². The zero-order chi connectivity index (χ0) is 14.8. The molecule has 116 valence electrons. The molecule has 4 saturated carbocycles. The molecule has 2 nitrogen and oxygen atoms in total. The average molecular weight is 305 g/mol. The van der Waals surface area contributed by atoms with E-state index in [0.717, 1.165) is 23.3 Å². The Morgan fingerprint density at radius 2 is 1.71 bits per heavy atom. The molecule has 1 heterocycles. The van der Waals surface area contributed by atoms with Gasteiger partial charge in [0.1, 0.15) is 0 Å². The van der Waals surface area contributed by atoms with Crippen molar-refractivity contribution >= 4 is 11.3 Å². The highest BCUT2D eigenvalue weighted by Gasteiger charge is 2.56. The van der Waals surface area contributed by atoms with Gasteiger partial charge in [-0.1, -0.05) is 20.8 Å². The monoisotopic (exact) mass is 305 g/mol. The Balaban J connectivity index is 1.57. The molecule has 1 aromatic heterocycles. The minimum absolute atomic E-state index is 0.113. The zero-order valence-electron chi connectivity index (χ0n) is 13.4. The topological polar surface area (TPSA) is 33.1 Å². The second kappa shape index (κ2) is 4.55. The molecule has 0 atom stereocenters. The summed E-state index contributed by atoms with van der Waals surface area (Å²) in [5, 5.41) is 14.8. The maximum atomic E-state index is 11.4. The first-order valence-corrected chi connectivity index (χ1v) is 9.40. The van der Waals surface area contributed by atoms with Gasteiger partial charge in [0.25, 0.3) is 0 Å². The highest BCUT2D eigenvalue weighted by molar-refractivity contribution is 7.09. The van der Waals surface area contributed by atoms with Crippen LogP contribution in [-0.2, 0) is 11.8 Å². The Bertz CT molecular complexity index is 514. The molecule has 0 amide bonds. The Morgan fingerprint density at radius 3 is 2.19 bits per heavy atom. The van der Waals surface area contributed by atoms with Crippen molar-refractivity contribution in [1.29, 1.82) is 0 Å². The fraction of sp³-hybridized carbons (Fsp3) is 0.833. The Morgan fingerprint density at radius 1 is 1.14 bits per heavy atom. The van der Waals surface area contributed by atoms with Crippen LogP contribution in [0.25, 0.3) is 0 Å². The van der Waals surface area contributed by atoms with E-state index in [1.54, 1.807) is 11.3 Å². The number of aliphatic hydroxyl groups is 1. The quantitative estimate of drug-likeness (QED) is 0.889. The second-order valence-corrected chi connectivity index (χ2v) is 9.79. The van der Waals surface area contributed by atoms with E-state index in [1.807, 2.05) is 0 Å². The van der Waals surface area contributed by atoms with Crippen molar-refractivity contribution in [3.8, 4) is 0 Å². The summed E-state index contributed by atoms with van der Waals surface area (Å²) in [6.07, 6.45) is 7.29. The summed E-state index contributed by atoms with van der Waals surface area (Å²) in [7, 11) is 0. The Kier molecular flexibility index (Phi) is 3.07. The summed E-state index contributed by atoms with van der Waals surface area (Å²) < 4.78 is 0. The molecule has 0 unspecified atom stereocenters. The lowest BCUT2D eigenvalue weighted by molar-refractivity contribution is -0.171. The number of aromatic nitrogens is 1. The third-order valence-corrected chi connectivity index (χ3v) is 7.16. The van der Waals surface area contributed by atoms with E-state index in [2.05, 4.69) is 26.2 Å². The lowest BCUT2D eigenvalue weighted by Gasteiger charge is -2.58. The van der Waals surface area contributed by atoms with Crippen molar-refractivity contribution in [3.05, 3.63) is 16.1 Å². The first kappa shape index (κ1) is 14.2. The lowest BCUT2D eigenvalue weighted by atomic mass is 9.49. The second-order valence-electron chi connectivity index (χ2n) is 8.85. The minimum Gasteiger partial charge on any atom is -0.389 e. The molecule has 0 saturated heterocycles. The number of nitrogens with zero attached hydrogens (tertiary/aromatic N) is 1. The maximum Gasteiger partial charge on any atom is 0.0957 e. The predicted octanol–water partition coefficient (Wildman–Crippen LogP) is 4.17. The smallest absolute Gasteiger partial charge is 0.0957 e. The fourth-order valence-electron chi connectivity index (χ4n) is 5.27. The van der Waals surface area contributed by atoms with Crippen LogP contribution in [0, 0.1) is 23.7 Å². The van der Waals surface area contributed by atoms with E-state index < -0.39 is 5.60 Å². The normalized spacial score (nSPS) is 41.7. The van der Waals surface area contributed by atoms with Crippen LogP contribution in [0.1, 0.15) is 63.6 Å². The molecular weight excluding hydrogens is 278 g/mol. The van der Waals surface area contributed by atoms with Crippen molar-refractivity contribution in [2.75, 3.05) is 0 Å². The van der Waals surface area contributed by atoms with Crippen LogP contribution in [0.5, 0.6) is 0 Å². The third kappa shape index (κ3) is 2.28. The van der Waals surface area contributed by atoms with Crippen molar-refractivity contribution in [2.24, 2.45) is 23.7 Å². The van der Waals surface area contributed by atoms with Crippen LogP contribution in [0.4, 0.5) is 0 Å². The van der Waals surface area contributed by atoms with Gasteiger partial charge >= 0.3 is 0 Å². The van der Waals surface area contributed by atoms with E-state index in [1.165, 1.54) is 37.8 Å². The molecule has 0 aliphatic heterocycles. The highest BCUT2D eigenvalue weighted by Crippen LogP contribution is 2.59. The Hall–Kier alpha value is -0.410. The molecule has 21 heavy (non-hydrogen) atoms. The van der Waals surface area contributed by atoms with Gasteiger partial charge in [-0.05, 0) is 55.8 Å². The molecule has 3 heteroatoms. The molecule has 4 aliphatic carbocycles. The maximum absolute atomic E-state index is 11.4. The minimum atomic E-state index is -0.458. The van der Waals surface area contributed by atoms with E-state index in [-0.39, 0.29) is 5.41 Å². The fourth-order valence-corrected chi connectivity index (χ4v) is 6.39.